The molecule has 1 aromatic heterocycles. The van der Waals surface area contributed by atoms with Crippen molar-refractivity contribution >= 4 is 41.3 Å². The molecule has 0 saturated heterocycles. The molecule has 0 radical (unpaired) electrons. The van der Waals surface area contributed by atoms with E-state index in [1.165, 1.54) is 17.7 Å². The molecule has 6 heteroatoms. The monoisotopic (exact) mass is 424 g/mol. The first-order valence-electron chi connectivity index (χ1n) is 7.55. The summed E-state index contributed by atoms with van der Waals surface area (Å²) in [7, 11) is 0. The van der Waals surface area contributed by atoms with Gasteiger partial charge in [0.2, 0.25) is 0 Å². The molecule has 4 nitrogen and oxygen atoms in total. The van der Waals surface area contributed by atoms with E-state index in [0.717, 1.165) is 29.8 Å². The second-order valence-corrected chi connectivity index (χ2v) is 6.30. The molecule has 0 spiro atoms. The van der Waals surface area contributed by atoms with Crippen molar-refractivity contribution < 1.29 is 0 Å². The highest BCUT2D eigenvalue weighted by molar-refractivity contribution is 14.0. The number of nitrogens with one attached hydrogen (secondary N) is 2. The maximum absolute atomic E-state index is 4.62. The molecular weight excluding hydrogens is 395 g/mol. The van der Waals surface area contributed by atoms with Gasteiger partial charge in [-0.3, -0.25) is 0 Å². The van der Waals surface area contributed by atoms with Crippen molar-refractivity contribution in [2.75, 3.05) is 13.1 Å². The van der Waals surface area contributed by atoms with Crippen LogP contribution in [0.2, 0.25) is 0 Å². The van der Waals surface area contributed by atoms with Crippen LogP contribution >= 0.6 is 35.3 Å². The van der Waals surface area contributed by atoms with Crippen molar-refractivity contribution in [3.8, 4) is 0 Å². The standard InChI is InChI=1S/C15H28N4S.HI/c1-6-13(7-2)9-17-15(16-8-3)18-10-14-19-11(4)12(5)20-14;/h13H,6-10H2,1-5H3,(H2,16,17,18);1H. The average molecular weight is 424 g/mol. The van der Waals surface area contributed by atoms with Gasteiger partial charge in [0.15, 0.2) is 5.96 Å². The molecular formula is C15H29IN4S. The Kier molecular flexibility index (Phi) is 11.0. The van der Waals surface area contributed by atoms with Gasteiger partial charge >= 0.3 is 0 Å². The number of aliphatic imine (C=N–C) groups is 1. The number of hydrogen-bond donors (Lipinski definition) is 2. The summed E-state index contributed by atoms with van der Waals surface area (Å²) in [6.45, 7) is 13.2. The number of nitrogens with zero attached hydrogens (tertiary/aromatic N) is 2. The van der Waals surface area contributed by atoms with E-state index in [1.54, 1.807) is 11.3 Å². The summed E-state index contributed by atoms with van der Waals surface area (Å²) < 4.78 is 0. The van der Waals surface area contributed by atoms with Crippen LogP contribution in [-0.2, 0) is 6.54 Å². The van der Waals surface area contributed by atoms with Gasteiger partial charge in [0.05, 0.1) is 12.2 Å². The highest BCUT2D eigenvalue weighted by Crippen LogP contribution is 2.16. The van der Waals surface area contributed by atoms with Gasteiger partial charge < -0.3 is 10.6 Å². The Balaban J connectivity index is 0.00000400. The summed E-state index contributed by atoms with van der Waals surface area (Å²) >= 11 is 1.73. The lowest BCUT2D eigenvalue weighted by Crippen LogP contribution is -2.39. The second-order valence-electron chi connectivity index (χ2n) is 5.01. The van der Waals surface area contributed by atoms with Crippen molar-refractivity contribution in [2.45, 2.75) is 54.0 Å². The molecule has 1 rings (SSSR count). The van der Waals surface area contributed by atoms with E-state index in [2.05, 4.69) is 55.2 Å². The average Bonchev–Trinajstić information content (AvgIpc) is 2.76. The number of guanidine groups is 1. The Bertz CT molecular complexity index is 408. The summed E-state index contributed by atoms with van der Waals surface area (Å²) in [5.41, 5.74) is 1.12. The number of halogens is 1. The van der Waals surface area contributed by atoms with Gasteiger partial charge in [0, 0.05) is 18.0 Å². The summed E-state index contributed by atoms with van der Waals surface area (Å²) in [5.74, 6) is 1.60. The van der Waals surface area contributed by atoms with Crippen LogP contribution in [0.1, 0.15) is 49.2 Å². The molecule has 0 aliphatic rings. The minimum absolute atomic E-state index is 0. The smallest absolute Gasteiger partial charge is 0.191 e. The number of hydrogen-bond acceptors (Lipinski definition) is 3. The van der Waals surface area contributed by atoms with Crippen LogP contribution in [0, 0.1) is 19.8 Å². The first-order chi connectivity index (χ1) is 9.60. The first-order valence-corrected chi connectivity index (χ1v) is 8.37. The Morgan fingerprint density at radius 1 is 1.19 bits per heavy atom. The van der Waals surface area contributed by atoms with Gasteiger partial charge in [0.1, 0.15) is 5.01 Å². The Labute approximate surface area is 150 Å². The lowest BCUT2D eigenvalue weighted by molar-refractivity contribution is 0.481. The molecule has 0 unspecified atom stereocenters. The number of rotatable bonds is 7. The third-order valence-corrected chi connectivity index (χ3v) is 4.56. The Hall–Kier alpha value is -0.370. The molecule has 0 aliphatic carbocycles. The predicted octanol–water partition coefficient (Wildman–Crippen LogP) is 3.87. The number of aromatic nitrogens is 1. The second kappa shape index (κ2) is 11.2. The van der Waals surface area contributed by atoms with E-state index in [9.17, 15) is 0 Å². The third kappa shape index (κ3) is 7.44. The summed E-state index contributed by atoms with van der Waals surface area (Å²) in [6, 6.07) is 0. The zero-order valence-corrected chi connectivity index (χ0v) is 17.0. The molecule has 2 N–H and O–H groups in total. The molecule has 0 aliphatic heterocycles. The van der Waals surface area contributed by atoms with Crippen LogP contribution in [0.25, 0.3) is 0 Å². The number of aryl methyl sites for hydroxylation is 2. The molecule has 1 aromatic rings. The van der Waals surface area contributed by atoms with Crippen LogP contribution in [0.15, 0.2) is 4.99 Å². The van der Waals surface area contributed by atoms with E-state index >= 15 is 0 Å². The summed E-state index contributed by atoms with van der Waals surface area (Å²) in [4.78, 5) is 10.4. The van der Waals surface area contributed by atoms with Crippen molar-refractivity contribution in [2.24, 2.45) is 10.9 Å². The zero-order valence-electron chi connectivity index (χ0n) is 13.8. The molecule has 1 heterocycles. The van der Waals surface area contributed by atoms with Gasteiger partial charge in [-0.2, -0.15) is 0 Å². The molecule has 0 atom stereocenters. The molecule has 21 heavy (non-hydrogen) atoms. The van der Waals surface area contributed by atoms with Gasteiger partial charge in [-0.15, -0.1) is 35.3 Å². The first kappa shape index (κ1) is 20.6. The Morgan fingerprint density at radius 3 is 2.33 bits per heavy atom. The van der Waals surface area contributed by atoms with Crippen molar-refractivity contribution in [3.05, 3.63) is 15.6 Å². The predicted molar refractivity (Wildman–Crippen MR) is 104 cm³/mol. The fourth-order valence-electron chi connectivity index (χ4n) is 1.91. The van der Waals surface area contributed by atoms with Crippen molar-refractivity contribution in [3.63, 3.8) is 0 Å². The van der Waals surface area contributed by atoms with Crippen molar-refractivity contribution in [1.29, 1.82) is 0 Å². The molecule has 0 saturated carbocycles. The maximum Gasteiger partial charge on any atom is 0.191 e. The lowest BCUT2D eigenvalue weighted by Gasteiger charge is -2.16. The van der Waals surface area contributed by atoms with E-state index in [0.29, 0.717) is 12.5 Å². The summed E-state index contributed by atoms with van der Waals surface area (Å²) in [5, 5.41) is 7.81. The van der Waals surface area contributed by atoms with Gasteiger partial charge in [-0.25, -0.2) is 9.98 Å². The molecule has 0 amide bonds. The van der Waals surface area contributed by atoms with Crippen LogP contribution < -0.4 is 10.6 Å². The normalized spacial score (nSPS) is 11.4. The van der Waals surface area contributed by atoms with Crippen LogP contribution in [0.4, 0.5) is 0 Å². The largest absolute Gasteiger partial charge is 0.357 e. The molecule has 0 fully saturated rings. The quantitative estimate of drug-likeness (QED) is 0.397. The fourth-order valence-corrected chi connectivity index (χ4v) is 2.77. The van der Waals surface area contributed by atoms with Gasteiger partial charge in [-0.1, -0.05) is 26.7 Å². The van der Waals surface area contributed by atoms with E-state index in [4.69, 9.17) is 0 Å². The van der Waals surface area contributed by atoms with Crippen LogP contribution in [0.5, 0.6) is 0 Å². The van der Waals surface area contributed by atoms with E-state index < -0.39 is 0 Å². The minimum atomic E-state index is 0. The summed E-state index contributed by atoms with van der Waals surface area (Å²) in [6.07, 6.45) is 2.40. The molecule has 122 valence electrons. The molecule has 0 aromatic carbocycles. The SMILES string of the molecule is CCNC(=NCc1nc(C)c(C)s1)NCC(CC)CC.I. The van der Waals surface area contributed by atoms with Gasteiger partial charge in [0.25, 0.3) is 0 Å². The highest BCUT2D eigenvalue weighted by Gasteiger charge is 2.06. The van der Waals surface area contributed by atoms with Crippen molar-refractivity contribution in [1.82, 2.24) is 15.6 Å². The third-order valence-electron chi connectivity index (χ3n) is 3.50. The lowest BCUT2D eigenvalue weighted by atomic mass is 10.0. The van der Waals surface area contributed by atoms with E-state index in [-0.39, 0.29) is 24.0 Å². The highest BCUT2D eigenvalue weighted by atomic mass is 127. The fraction of sp³-hybridized carbons (Fsp3) is 0.733. The maximum atomic E-state index is 4.62. The zero-order chi connectivity index (χ0) is 15.0. The minimum Gasteiger partial charge on any atom is -0.357 e. The molecule has 0 bridgehead atoms. The van der Waals surface area contributed by atoms with Crippen LogP contribution in [0.3, 0.4) is 0 Å². The number of thiazole rings is 1. The van der Waals surface area contributed by atoms with Crippen LogP contribution in [-0.4, -0.2) is 24.0 Å². The Morgan fingerprint density at radius 2 is 1.86 bits per heavy atom. The van der Waals surface area contributed by atoms with E-state index in [1.807, 2.05) is 0 Å². The van der Waals surface area contributed by atoms with Gasteiger partial charge in [-0.05, 0) is 26.7 Å². The topological polar surface area (TPSA) is 49.3 Å².